The van der Waals surface area contributed by atoms with Gasteiger partial charge in [-0.15, -0.1) is 0 Å². The molecule has 0 atom stereocenters. The molecule has 0 saturated heterocycles. The van der Waals surface area contributed by atoms with E-state index >= 15 is 0 Å². The van der Waals surface area contributed by atoms with E-state index < -0.39 is 0 Å². The van der Waals surface area contributed by atoms with Crippen molar-refractivity contribution in [3.05, 3.63) is 55.2 Å². The van der Waals surface area contributed by atoms with Crippen molar-refractivity contribution in [1.82, 2.24) is 18.9 Å². The highest BCUT2D eigenvalue weighted by atomic mass is 15.0. The standard InChI is InChI=1S/C17H12N4/c1-20-6-4-11-7-13-12-3-2-5-19-17(12)21-10-18-9-16(21)14(13)8-15(11)20/h2-10H,1H3. The molecule has 5 rings (SSSR count). The van der Waals surface area contributed by atoms with Crippen molar-refractivity contribution >= 4 is 38.2 Å². The Morgan fingerprint density at radius 1 is 1.00 bits per heavy atom. The van der Waals surface area contributed by atoms with E-state index in [-0.39, 0.29) is 0 Å². The van der Waals surface area contributed by atoms with Crippen molar-refractivity contribution in [2.45, 2.75) is 0 Å². The van der Waals surface area contributed by atoms with E-state index in [9.17, 15) is 0 Å². The van der Waals surface area contributed by atoms with Gasteiger partial charge in [0.1, 0.15) is 12.0 Å². The maximum absolute atomic E-state index is 4.53. The molecule has 0 N–H and O–H groups in total. The smallest absolute Gasteiger partial charge is 0.146 e. The lowest BCUT2D eigenvalue weighted by atomic mass is 10.0. The van der Waals surface area contributed by atoms with Crippen LogP contribution in [0, 0.1) is 0 Å². The summed E-state index contributed by atoms with van der Waals surface area (Å²) in [6.45, 7) is 0. The highest BCUT2D eigenvalue weighted by Gasteiger charge is 2.11. The Balaban J connectivity index is 2.19. The van der Waals surface area contributed by atoms with Gasteiger partial charge in [0.05, 0.1) is 11.7 Å². The van der Waals surface area contributed by atoms with Gasteiger partial charge < -0.3 is 4.57 Å². The first-order valence-electron chi connectivity index (χ1n) is 6.90. The molecule has 1 aromatic carbocycles. The second kappa shape index (κ2) is 3.61. The van der Waals surface area contributed by atoms with Crippen LogP contribution in [0.15, 0.2) is 55.2 Å². The van der Waals surface area contributed by atoms with Crippen LogP contribution in [0.25, 0.3) is 38.2 Å². The Kier molecular flexibility index (Phi) is 1.86. The summed E-state index contributed by atoms with van der Waals surface area (Å²) >= 11 is 0. The molecule has 0 saturated carbocycles. The average molecular weight is 272 g/mol. The number of fused-ring (bicyclic) bond motifs is 7. The van der Waals surface area contributed by atoms with Crippen LogP contribution in [0.3, 0.4) is 0 Å². The lowest BCUT2D eigenvalue weighted by Gasteiger charge is -2.08. The van der Waals surface area contributed by atoms with Gasteiger partial charge >= 0.3 is 0 Å². The number of benzene rings is 1. The molecule has 0 spiro atoms. The molecule has 0 aliphatic heterocycles. The quantitative estimate of drug-likeness (QED) is 0.404. The Hall–Kier alpha value is -2.88. The van der Waals surface area contributed by atoms with Gasteiger partial charge in [-0.25, -0.2) is 9.97 Å². The largest absolute Gasteiger partial charge is 0.351 e. The summed E-state index contributed by atoms with van der Waals surface area (Å²) in [7, 11) is 2.07. The molecular weight excluding hydrogens is 260 g/mol. The van der Waals surface area contributed by atoms with Crippen LogP contribution in [0.4, 0.5) is 0 Å². The molecule has 21 heavy (non-hydrogen) atoms. The fourth-order valence-corrected chi connectivity index (χ4v) is 3.21. The topological polar surface area (TPSA) is 35.1 Å². The maximum Gasteiger partial charge on any atom is 0.146 e. The molecule has 5 aromatic rings. The van der Waals surface area contributed by atoms with Crippen LogP contribution in [0.1, 0.15) is 0 Å². The molecular formula is C17H12N4. The highest BCUT2D eigenvalue weighted by Crippen LogP contribution is 2.32. The van der Waals surface area contributed by atoms with E-state index in [1.54, 1.807) is 0 Å². The zero-order chi connectivity index (χ0) is 14.0. The number of rotatable bonds is 0. The number of hydrogen-bond donors (Lipinski definition) is 0. The lowest BCUT2D eigenvalue weighted by molar-refractivity contribution is 0.970. The molecule has 4 aromatic heterocycles. The molecule has 4 heterocycles. The van der Waals surface area contributed by atoms with Crippen LogP contribution >= 0.6 is 0 Å². The minimum absolute atomic E-state index is 0.952. The third kappa shape index (κ3) is 1.29. The molecule has 100 valence electrons. The zero-order valence-corrected chi connectivity index (χ0v) is 11.5. The summed E-state index contributed by atoms with van der Waals surface area (Å²) in [5, 5.41) is 4.84. The average Bonchev–Trinajstić information content (AvgIpc) is 3.14. The number of nitrogens with zero attached hydrogens (tertiary/aromatic N) is 4. The van der Waals surface area contributed by atoms with Gasteiger partial charge in [0.25, 0.3) is 0 Å². The summed E-state index contributed by atoms with van der Waals surface area (Å²) in [6.07, 6.45) is 7.66. The van der Waals surface area contributed by atoms with E-state index in [2.05, 4.69) is 56.4 Å². The van der Waals surface area contributed by atoms with Crippen LogP contribution in [-0.2, 0) is 7.05 Å². The van der Waals surface area contributed by atoms with Gasteiger partial charge in [-0.3, -0.25) is 4.40 Å². The monoisotopic (exact) mass is 272 g/mol. The van der Waals surface area contributed by atoms with Crippen molar-refractivity contribution < 1.29 is 0 Å². The minimum Gasteiger partial charge on any atom is -0.351 e. The summed E-state index contributed by atoms with van der Waals surface area (Å²) in [6, 6.07) is 10.8. The molecule has 0 unspecified atom stereocenters. The molecule has 0 aliphatic carbocycles. The van der Waals surface area contributed by atoms with Crippen molar-refractivity contribution in [3.8, 4) is 0 Å². The molecule has 4 nitrogen and oxygen atoms in total. The summed E-state index contributed by atoms with van der Waals surface area (Å²) in [4.78, 5) is 8.84. The van der Waals surface area contributed by atoms with Crippen molar-refractivity contribution in [2.24, 2.45) is 7.05 Å². The summed E-state index contributed by atoms with van der Waals surface area (Å²) < 4.78 is 4.21. The van der Waals surface area contributed by atoms with E-state index in [1.807, 2.05) is 24.8 Å². The number of aromatic nitrogens is 4. The predicted octanol–water partition coefficient (Wildman–Crippen LogP) is 3.53. The second-order valence-electron chi connectivity index (χ2n) is 5.41. The highest BCUT2D eigenvalue weighted by molar-refractivity contribution is 6.15. The molecule has 0 radical (unpaired) electrons. The van der Waals surface area contributed by atoms with E-state index in [4.69, 9.17) is 0 Å². The summed E-state index contributed by atoms with van der Waals surface area (Å²) in [5.74, 6) is 0. The van der Waals surface area contributed by atoms with E-state index in [1.165, 1.54) is 21.7 Å². The Morgan fingerprint density at radius 2 is 1.95 bits per heavy atom. The SMILES string of the molecule is Cn1ccc2cc3c(cc21)c1cncn1c1ncccc31. The molecule has 0 fully saturated rings. The van der Waals surface area contributed by atoms with Gasteiger partial charge in [0, 0.05) is 41.1 Å². The maximum atomic E-state index is 4.53. The normalized spacial score (nSPS) is 12.0. The minimum atomic E-state index is 0.952. The fraction of sp³-hybridized carbons (Fsp3) is 0.0588. The van der Waals surface area contributed by atoms with Gasteiger partial charge in [-0.1, -0.05) is 0 Å². The van der Waals surface area contributed by atoms with Gasteiger partial charge in [0.2, 0.25) is 0 Å². The summed E-state index contributed by atoms with van der Waals surface area (Å²) in [5.41, 5.74) is 3.28. The third-order valence-electron chi connectivity index (χ3n) is 4.24. The van der Waals surface area contributed by atoms with E-state index in [0.29, 0.717) is 0 Å². The van der Waals surface area contributed by atoms with Crippen molar-refractivity contribution in [3.63, 3.8) is 0 Å². The molecule has 4 heteroatoms. The van der Waals surface area contributed by atoms with Crippen molar-refractivity contribution in [2.75, 3.05) is 0 Å². The number of hydrogen-bond acceptors (Lipinski definition) is 2. The Morgan fingerprint density at radius 3 is 2.90 bits per heavy atom. The number of aryl methyl sites for hydroxylation is 1. The predicted molar refractivity (Wildman–Crippen MR) is 84.5 cm³/mol. The first kappa shape index (κ1) is 10.9. The lowest BCUT2D eigenvalue weighted by Crippen LogP contribution is -1.92. The Labute approximate surface area is 120 Å². The Bertz CT molecular complexity index is 1150. The van der Waals surface area contributed by atoms with Gasteiger partial charge in [0.15, 0.2) is 0 Å². The van der Waals surface area contributed by atoms with Gasteiger partial charge in [-0.05, 0) is 35.7 Å². The van der Waals surface area contributed by atoms with Crippen LogP contribution < -0.4 is 0 Å². The first-order chi connectivity index (χ1) is 10.3. The molecule has 0 bridgehead atoms. The third-order valence-corrected chi connectivity index (χ3v) is 4.24. The van der Waals surface area contributed by atoms with Crippen LogP contribution in [-0.4, -0.2) is 18.9 Å². The van der Waals surface area contributed by atoms with Gasteiger partial charge in [-0.2, -0.15) is 0 Å². The number of imidazole rings is 1. The number of pyridine rings is 2. The fourth-order valence-electron chi connectivity index (χ4n) is 3.21. The van der Waals surface area contributed by atoms with E-state index in [0.717, 1.165) is 16.6 Å². The first-order valence-corrected chi connectivity index (χ1v) is 6.90. The van der Waals surface area contributed by atoms with Crippen LogP contribution in [0.5, 0.6) is 0 Å². The zero-order valence-electron chi connectivity index (χ0n) is 11.5. The molecule has 0 amide bonds. The molecule has 0 aliphatic rings. The van der Waals surface area contributed by atoms with Crippen LogP contribution in [0.2, 0.25) is 0 Å². The second-order valence-corrected chi connectivity index (χ2v) is 5.41. The van der Waals surface area contributed by atoms with Crippen molar-refractivity contribution in [1.29, 1.82) is 0 Å².